The first kappa shape index (κ1) is 16.7. The molecule has 6 nitrogen and oxygen atoms in total. The fourth-order valence-corrected chi connectivity index (χ4v) is 3.19. The smallest absolute Gasteiger partial charge is 0.191 e. The zero-order chi connectivity index (χ0) is 15.9. The van der Waals surface area contributed by atoms with E-state index in [1.165, 1.54) is 4.88 Å². The van der Waals surface area contributed by atoms with E-state index < -0.39 is 0 Å². The van der Waals surface area contributed by atoms with Crippen molar-refractivity contribution in [1.29, 1.82) is 0 Å². The maximum atomic E-state index is 4.58. The third-order valence-corrected chi connectivity index (χ3v) is 4.71. The number of aryl methyl sites for hydroxylation is 1. The summed E-state index contributed by atoms with van der Waals surface area (Å²) < 4.78 is 0. The third-order valence-electron chi connectivity index (χ3n) is 2.74. The van der Waals surface area contributed by atoms with Gasteiger partial charge in [-0.3, -0.25) is 0 Å². The highest BCUT2D eigenvalue weighted by Crippen LogP contribution is 2.18. The minimum atomic E-state index is 0.566. The van der Waals surface area contributed by atoms with Crippen LogP contribution in [-0.4, -0.2) is 36.6 Å². The lowest BCUT2D eigenvalue weighted by atomic mass is 10.5. The Hall–Kier alpha value is -1.67. The van der Waals surface area contributed by atoms with Crippen LogP contribution in [0.2, 0.25) is 0 Å². The number of nitrogens with zero attached hydrogens (tertiary/aromatic N) is 4. The maximum Gasteiger partial charge on any atom is 0.191 e. The Balaban J connectivity index is 1.93. The van der Waals surface area contributed by atoms with Gasteiger partial charge in [-0.2, -0.15) is 0 Å². The highest BCUT2D eigenvalue weighted by Gasteiger charge is 2.05. The van der Waals surface area contributed by atoms with Crippen LogP contribution in [0.5, 0.6) is 0 Å². The summed E-state index contributed by atoms with van der Waals surface area (Å²) >= 11 is 3.33. The highest BCUT2D eigenvalue weighted by atomic mass is 32.1. The second-order valence-corrected chi connectivity index (χ2v) is 7.09. The average molecular weight is 339 g/mol. The summed E-state index contributed by atoms with van der Waals surface area (Å²) in [7, 11) is 3.99. The molecule has 0 bridgehead atoms. The van der Waals surface area contributed by atoms with Crippen LogP contribution in [0.15, 0.2) is 16.6 Å². The van der Waals surface area contributed by atoms with Crippen LogP contribution in [0, 0.1) is 6.92 Å². The zero-order valence-corrected chi connectivity index (χ0v) is 15.0. The molecule has 0 unspecified atom stereocenters. The number of hydrogen-bond acceptors (Lipinski definition) is 6. The van der Waals surface area contributed by atoms with Crippen molar-refractivity contribution in [2.24, 2.45) is 4.99 Å². The molecule has 2 aromatic rings. The Morgan fingerprint density at radius 1 is 1.36 bits per heavy atom. The number of thiazole rings is 2. The molecule has 22 heavy (non-hydrogen) atoms. The van der Waals surface area contributed by atoms with Crippen molar-refractivity contribution in [3.63, 3.8) is 0 Å². The summed E-state index contributed by atoms with van der Waals surface area (Å²) in [6, 6.07) is 0. The second-order valence-electron chi connectivity index (χ2n) is 4.93. The van der Waals surface area contributed by atoms with Crippen LogP contribution in [0.1, 0.15) is 22.5 Å². The maximum absolute atomic E-state index is 4.58. The summed E-state index contributed by atoms with van der Waals surface area (Å²) in [4.78, 5) is 16.7. The summed E-state index contributed by atoms with van der Waals surface area (Å²) in [6.07, 6.45) is 1.89. The first-order chi connectivity index (χ1) is 10.6. The minimum Gasteiger partial charge on any atom is -0.357 e. The number of aliphatic imine (C=N–C) groups is 1. The average Bonchev–Trinajstić information content (AvgIpc) is 3.11. The van der Waals surface area contributed by atoms with Gasteiger partial charge in [0, 0.05) is 37.1 Å². The minimum absolute atomic E-state index is 0.566. The van der Waals surface area contributed by atoms with Gasteiger partial charge in [-0.15, -0.1) is 22.7 Å². The van der Waals surface area contributed by atoms with Crippen LogP contribution in [0.4, 0.5) is 5.13 Å². The van der Waals surface area contributed by atoms with Crippen LogP contribution in [-0.2, 0) is 13.1 Å². The van der Waals surface area contributed by atoms with E-state index in [2.05, 4.69) is 39.4 Å². The number of anilines is 1. The second kappa shape index (κ2) is 8.09. The van der Waals surface area contributed by atoms with Gasteiger partial charge in [0.2, 0.25) is 0 Å². The highest BCUT2D eigenvalue weighted by molar-refractivity contribution is 7.13. The Kier molecular flexibility index (Phi) is 6.14. The lowest BCUT2D eigenvalue weighted by Crippen LogP contribution is -2.36. The van der Waals surface area contributed by atoms with Gasteiger partial charge in [-0.05, 0) is 13.8 Å². The van der Waals surface area contributed by atoms with Gasteiger partial charge in [-0.1, -0.05) is 0 Å². The topological polar surface area (TPSA) is 65.4 Å². The molecule has 0 radical (unpaired) electrons. The lowest BCUT2D eigenvalue weighted by Gasteiger charge is -2.09. The van der Waals surface area contributed by atoms with E-state index >= 15 is 0 Å². The van der Waals surface area contributed by atoms with Crippen molar-refractivity contribution in [3.8, 4) is 0 Å². The first-order valence-corrected chi connectivity index (χ1v) is 8.83. The zero-order valence-electron chi connectivity index (χ0n) is 13.4. The largest absolute Gasteiger partial charge is 0.357 e. The molecule has 120 valence electrons. The third kappa shape index (κ3) is 4.96. The van der Waals surface area contributed by atoms with Gasteiger partial charge in [0.1, 0.15) is 5.01 Å². The molecule has 2 N–H and O–H groups in total. The van der Waals surface area contributed by atoms with Gasteiger partial charge in [0.15, 0.2) is 11.1 Å². The molecule has 2 rings (SSSR count). The van der Waals surface area contributed by atoms with Gasteiger partial charge < -0.3 is 15.5 Å². The van der Waals surface area contributed by atoms with E-state index in [4.69, 9.17) is 0 Å². The van der Waals surface area contributed by atoms with E-state index in [0.717, 1.165) is 28.3 Å². The molecule has 0 spiro atoms. The Morgan fingerprint density at radius 2 is 2.18 bits per heavy atom. The molecule has 0 saturated carbocycles. The molecule has 0 aliphatic heterocycles. The number of hydrogen-bond donors (Lipinski definition) is 2. The van der Waals surface area contributed by atoms with Gasteiger partial charge in [-0.25, -0.2) is 15.0 Å². The molecule has 0 amide bonds. The van der Waals surface area contributed by atoms with Crippen LogP contribution in [0.25, 0.3) is 0 Å². The normalized spacial score (nSPS) is 11.5. The van der Waals surface area contributed by atoms with E-state index in [0.29, 0.717) is 13.1 Å². The number of nitrogens with one attached hydrogen (secondary N) is 2. The SMILES string of the molecule is CCNC(=NCc1csc(N(C)C)n1)NCc1ncc(C)s1. The van der Waals surface area contributed by atoms with Gasteiger partial charge in [0.05, 0.1) is 18.8 Å². The quantitative estimate of drug-likeness (QED) is 0.625. The van der Waals surface area contributed by atoms with E-state index in [1.54, 1.807) is 22.7 Å². The van der Waals surface area contributed by atoms with E-state index in [1.807, 2.05) is 30.6 Å². The number of guanidine groups is 1. The first-order valence-electron chi connectivity index (χ1n) is 7.13. The number of rotatable bonds is 6. The van der Waals surface area contributed by atoms with Crippen LogP contribution in [0.3, 0.4) is 0 Å². The molecular formula is C14H22N6S2. The molecule has 2 heterocycles. The van der Waals surface area contributed by atoms with Crippen LogP contribution < -0.4 is 15.5 Å². The summed E-state index contributed by atoms with van der Waals surface area (Å²) in [6.45, 7) is 6.19. The van der Waals surface area contributed by atoms with Gasteiger partial charge in [0.25, 0.3) is 0 Å². The lowest BCUT2D eigenvalue weighted by molar-refractivity contribution is 0.808. The fraction of sp³-hybridized carbons (Fsp3) is 0.500. The Labute approximate surface area is 139 Å². The number of aromatic nitrogens is 2. The molecule has 2 aromatic heterocycles. The molecule has 0 fully saturated rings. The Bertz CT molecular complexity index is 616. The predicted molar refractivity (Wildman–Crippen MR) is 94.9 cm³/mol. The van der Waals surface area contributed by atoms with Gasteiger partial charge >= 0.3 is 0 Å². The van der Waals surface area contributed by atoms with Crippen molar-refractivity contribution < 1.29 is 0 Å². The molecule has 0 aliphatic carbocycles. The predicted octanol–water partition coefficient (Wildman–Crippen LogP) is 2.23. The molecule has 0 saturated heterocycles. The van der Waals surface area contributed by atoms with Crippen molar-refractivity contribution >= 4 is 33.8 Å². The fourth-order valence-electron chi connectivity index (χ4n) is 1.72. The van der Waals surface area contributed by atoms with Crippen molar-refractivity contribution in [1.82, 2.24) is 20.6 Å². The summed E-state index contributed by atoms with van der Waals surface area (Å²) in [5, 5.41) is 10.7. The monoisotopic (exact) mass is 338 g/mol. The van der Waals surface area contributed by atoms with Crippen molar-refractivity contribution in [2.45, 2.75) is 26.9 Å². The van der Waals surface area contributed by atoms with Crippen molar-refractivity contribution in [3.05, 3.63) is 27.2 Å². The molecular weight excluding hydrogens is 316 g/mol. The molecule has 0 aromatic carbocycles. The van der Waals surface area contributed by atoms with E-state index in [9.17, 15) is 0 Å². The molecule has 0 aliphatic rings. The molecule has 0 atom stereocenters. The van der Waals surface area contributed by atoms with Crippen molar-refractivity contribution in [2.75, 3.05) is 25.5 Å². The standard InChI is InChI=1S/C14H22N6S2/c1-5-15-13(18-8-12-16-6-10(2)22-12)17-7-11-9-21-14(19-11)20(3)4/h6,9H,5,7-8H2,1-4H3,(H2,15,17,18). The molecule has 8 heteroatoms. The Morgan fingerprint density at radius 3 is 2.77 bits per heavy atom. The summed E-state index contributed by atoms with van der Waals surface area (Å²) in [5.74, 6) is 0.787. The van der Waals surface area contributed by atoms with E-state index in [-0.39, 0.29) is 0 Å². The summed E-state index contributed by atoms with van der Waals surface area (Å²) in [5.41, 5.74) is 0.982. The van der Waals surface area contributed by atoms with Crippen LogP contribution >= 0.6 is 22.7 Å².